The Bertz CT molecular complexity index is 1370. The number of amides is 1. The third-order valence-electron chi connectivity index (χ3n) is 5.45. The fraction of sp³-hybridized carbons (Fsp3) is 0.292. The first kappa shape index (κ1) is 21.9. The molecule has 2 heterocycles. The van der Waals surface area contributed by atoms with Crippen LogP contribution in [0.2, 0.25) is 5.02 Å². The number of ether oxygens (including phenoxy) is 1. The molecule has 4 aromatic rings. The minimum atomic E-state index is -0.455. The molecule has 32 heavy (non-hydrogen) atoms. The zero-order valence-corrected chi connectivity index (χ0v) is 19.1. The van der Waals surface area contributed by atoms with Crippen molar-refractivity contribution in [2.45, 2.75) is 26.8 Å². The number of benzene rings is 2. The number of aryl methyl sites for hydroxylation is 2. The predicted octanol–water partition coefficient (Wildman–Crippen LogP) is 4.53. The van der Waals surface area contributed by atoms with Crippen LogP contribution in [0.25, 0.3) is 22.0 Å². The van der Waals surface area contributed by atoms with E-state index in [-0.39, 0.29) is 30.2 Å². The number of fused-ring (bicyclic) bond motifs is 2. The van der Waals surface area contributed by atoms with Crippen molar-refractivity contribution < 1.29 is 13.9 Å². The number of hydrogen-bond acceptors (Lipinski definition) is 5. The molecule has 7 nitrogen and oxygen atoms in total. The summed E-state index contributed by atoms with van der Waals surface area (Å²) in [6, 6.07) is 12.1. The summed E-state index contributed by atoms with van der Waals surface area (Å²) in [5.74, 6) is 0.844. The van der Waals surface area contributed by atoms with Crippen LogP contribution < -0.4 is 15.7 Å². The number of halogens is 1. The smallest absolute Gasteiger partial charge is 0.336 e. The van der Waals surface area contributed by atoms with Gasteiger partial charge in [0.15, 0.2) is 6.61 Å². The summed E-state index contributed by atoms with van der Waals surface area (Å²) in [5.41, 5.74) is 2.53. The van der Waals surface area contributed by atoms with Crippen LogP contribution in [0.1, 0.15) is 31.3 Å². The lowest BCUT2D eigenvalue weighted by Gasteiger charge is -2.22. The van der Waals surface area contributed by atoms with Crippen LogP contribution in [-0.4, -0.2) is 22.1 Å². The maximum Gasteiger partial charge on any atom is 0.336 e. The summed E-state index contributed by atoms with van der Waals surface area (Å²) in [4.78, 5) is 29.1. The summed E-state index contributed by atoms with van der Waals surface area (Å²) in [6.07, 6.45) is 0. The molecular weight excluding hydrogens is 430 g/mol. The van der Waals surface area contributed by atoms with Gasteiger partial charge in [0, 0.05) is 24.6 Å². The fourth-order valence-corrected chi connectivity index (χ4v) is 3.98. The van der Waals surface area contributed by atoms with Gasteiger partial charge in [-0.1, -0.05) is 37.6 Å². The third-order valence-corrected chi connectivity index (χ3v) is 5.74. The lowest BCUT2D eigenvalue weighted by Crippen LogP contribution is -2.36. The van der Waals surface area contributed by atoms with E-state index in [1.165, 1.54) is 12.1 Å². The first-order valence-corrected chi connectivity index (χ1v) is 10.7. The Hall–Kier alpha value is -3.32. The molecular formula is C24H24ClN3O4. The maximum absolute atomic E-state index is 12.7. The number of nitrogens with one attached hydrogen (secondary N) is 1. The second-order valence-corrected chi connectivity index (χ2v) is 8.53. The molecule has 0 radical (unpaired) electrons. The SMILES string of the molecule is Cc1cc(=O)oc2cc(OCC(=O)N[C@@H](c3nc4ccccc4n3C)C(C)C)c(Cl)cc12. The van der Waals surface area contributed by atoms with Crippen molar-refractivity contribution in [3.05, 3.63) is 69.3 Å². The van der Waals surface area contributed by atoms with Gasteiger partial charge in [0.25, 0.3) is 5.91 Å². The van der Waals surface area contributed by atoms with Crippen LogP contribution in [-0.2, 0) is 11.8 Å². The lowest BCUT2D eigenvalue weighted by atomic mass is 10.0. The fourth-order valence-electron chi connectivity index (χ4n) is 3.76. The first-order chi connectivity index (χ1) is 15.2. The van der Waals surface area contributed by atoms with E-state index in [1.807, 2.05) is 49.7 Å². The molecule has 0 unspecified atom stereocenters. The molecule has 4 rings (SSSR count). The van der Waals surface area contributed by atoms with Gasteiger partial charge in [-0.3, -0.25) is 4.79 Å². The largest absolute Gasteiger partial charge is 0.482 e. The highest BCUT2D eigenvalue weighted by Crippen LogP contribution is 2.31. The number of imidazole rings is 1. The molecule has 0 bridgehead atoms. The molecule has 1 amide bonds. The number of aromatic nitrogens is 2. The Morgan fingerprint density at radius 1 is 1.25 bits per heavy atom. The van der Waals surface area contributed by atoms with E-state index in [0.29, 0.717) is 16.0 Å². The molecule has 0 aliphatic rings. The Balaban J connectivity index is 1.52. The highest BCUT2D eigenvalue weighted by Gasteiger charge is 2.24. The van der Waals surface area contributed by atoms with Crippen molar-refractivity contribution in [3.63, 3.8) is 0 Å². The molecule has 0 aliphatic heterocycles. The Morgan fingerprint density at radius 3 is 2.72 bits per heavy atom. The van der Waals surface area contributed by atoms with Crippen LogP contribution >= 0.6 is 11.6 Å². The van der Waals surface area contributed by atoms with Crippen LogP contribution in [0.4, 0.5) is 0 Å². The summed E-state index contributed by atoms with van der Waals surface area (Å²) in [7, 11) is 1.94. The van der Waals surface area contributed by atoms with E-state index in [0.717, 1.165) is 22.4 Å². The minimum absolute atomic E-state index is 0.107. The Morgan fingerprint density at radius 2 is 2.00 bits per heavy atom. The van der Waals surface area contributed by atoms with Gasteiger partial charge in [-0.05, 0) is 36.6 Å². The van der Waals surface area contributed by atoms with Crippen molar-refractivity contribution in [3.8, 4) is 5.75 Å². The molecule has 0 spiro atoms. The average molecular weight is 454 g/mol. The van der Waals surface area contributed by atoms with Crippen molar-refractivity contribution in [1.82, 2.24) is 14.9 Å². The quantitative estimate of drug-likeness (QED) is 0.433. The molecule has 2 aromatic carbocycles. The molecule has 8 heteroatoms. The van der Waals surface area contributed by atoms with E-state index in [9.17, 15) is 9.59 Å². The first-order valence-electron chi connectivity index (χ1n) is 10.3. The highest BCUT2D eigenvalue weighted by atomic mass is 35.5. The standard InChI is InChI=1S/C24H24ClN3O4/c1-13(2)23(24-26-17-7-5-6-8-18(17)28(24)4)27-21(29)12-31-20-11-19-15(10-16(20)25)14(3)9-22(30)32-19/h5-11,13,23H,12H2,1-4H3,(H,27,29)/t23-/m1/s1. The maximum atomic E-state index is 12.7. The molecule has 166 valence electrons. The summed E-state index contributed by atoms with van der Waals surface area (Å²) < 4.78 is 12.9. The average Bonchev–Trinajstić information content (AvgIpc) is 3.07. The van der Waals surface area contributed by atoms with Crippen molar-refractivity contribution in [2.24, 2.45) is 13.0 Å². The number of hydrogen-bond donors (Lipinski definition) is 1. The van der Waals surface area contributed by atoms with Crippen LogP contribution in [0.5, 0.6) is 5.75 Å². The van der Waals surface area contributed by atoms with E-state index in [1.54, 1.807) is 13.0 Å². The van der Waals surface area contributed by atoms with Gasteiger partial charge in [-0.2, -0.15) is 0 Å². The molecule has 0 saturated carbocycles. The van der Waals surface area contributed by atoms with Gasteiger partial charge in [0.05, 0.1) is 22.1 Å². The highest BCUT2D eigenvalue weighted by molar-refractivity contribution is 6.32. The van der Waals surface area contributed by atoms with E-state index >= 15 is 0 Å². The Labute approximate surface area is 190 Å². The molecule has 0 aliphatic carbocycles. The molecule has 0 fully saturated rings. The van der Waals surface area contributed by atoms with Crippen LogP contribution in [0.3, 0.4) is 0 Å². The zero-order valence-electron chi connectivity index (χ0n) is 18.3. The van der Waals surface area contributed by atoms with E-state index < -0.39 is 5.63 Å². The van der Waals surface area contributed by atoms with Crippen LogP contribution in [0.15, 0.2) is 51.7 Å². The topological polar surface area (TPSA) is 86.4 Å². The molecule has 0 saturated heterocycles. The van der Waals surface area contributed by atoms with Gasteiger partial charge >= 0.3 is 5.63 Å². The molecule has 1 atom stereocenters. The van der Waals surface area contributed by atoms with Crippen molar-refractivity contribution >= 4 is 39.5 Å². The van der Waals surface area contributed by atoms with Gasteiger partial charge in [0.1, 0.15) is 17.2 Å². The second kappa shape index (κ2) is 8.67. The van der Waals surface area contributed by atoms with Gasteiger partial charge in [0.2, 0.25) is 0 Å². The van der Waals surface area contributed by atoms with E-state index in [2.05, 4.69) is 5.32 Å². The zero-order chi connectivity index (χ0) is 23.0. The summed E-state index contributed by atoms with van der Waals surface area (Å²) >= 11 is 6.33. The second-order valence-electron chi connectivity index (χ2n) is 8.12. The van der Waals surface area contributed by atoms with Gasteiger partial charge in [-0.25, -0.2) is 9.78 Å². The number of nitrogens with zero attached hydrogens (tertiary/aromatic N) is 2. The third kappa shape index (κ3) is 4.21. The monoisotopic (exact) mass is 453 g/mol. The number of carbonyl (C=O) groups is 1. The molecule has 2 aromatic heterocycles. The summed E-state index contributed by atoms with van der Waals surface area (Å²) in [5, 5.41) is 4.06. The minimum Gasteiger partial charge on any atom is -0.482 e. The normalized spacial score (nSPS) is 12.4. The van der Waals surface area contributed by atoms with Gasteiger partial charge < -0.3 is 19.0 Å². The van der Waals surface area contributed by atoms with E-state index in [4.69, 9.17) is 25.7 Å². The lowest BCUT2D eigenvalue weighted by molar-refractivity contribution is -0.124. The number of para-hydroxylation sites is 2. The molecule has 1 N–H and O–H groups in total. The Kier molecular flexibility index (Phi) is 5.93. The van der Waals surface area contributed by atoms with Crippen molar-refractivity contribution in [2.75, 3.05) is 6.61 Å². The van der Waals surface area contributed by atoms with Gasteiger partial charge in [-0.15, -0.1) is 0 Å². The summed E-state index contributed by atoms with van der Waals surface area (Å²) in [6.45, 7) is 5.61. The predicted molar refractivity (Wildman–Crippen MR) is 124 cm³/mol. The number of carbonyl (C=O) groups excluding carboxylic acids is 1. The van der Waals surface area contributed by atoms with Crippen molar-refractivity contribution in [1.29, 1.82) is 0 Å². The van der Waals surface area contributed by atoms with Crippen LogP contribution in [0, 0.1) is 12.8 Å². The number of rotatable bonds is 6.